The molecule has 0 spiro atoms. The number of rotatable bonds is 2. The minimum absolute atomic E-state index is 0.131. The van der Waals surface area contributed by atoms with E-state index in [1.165, 1.54) is 39.0 Å². The highest BCUT2D eigenvalue weighted by Gasteiger charge is 2.53. The summed E-state index contributed by atoms with van der Waals surface area (Å²) in [6, 6.07) is 0. The first kappa shape index (κ1) is 14.9. The number of hydrogen-bond donors (Lipinski definition) is 0. The maximum atomic E-state index is 11.2. The Balaban J connectivity index is 2.22. The molecule has 2 nitrogen and oxygen atoms in total. The number of ether oxygens (including phenoxy) is 1. The lowest BCUT2D eigenvalue weighted by Crippen LogP contribution is -2.52. The molecule has 0 aliphatic heterocycles. The van der Waals surface area contributed by atoms with Gasteiger partial charge in [-0.3, -0.25) is 4.79 Å². The lowest BCUT2D eigenvalue weighted by Gasteiger charge is -2.58. The van der Waals surface area contributed by atoms with Crippen LogP contribution in [0.3, 0.4) is 0 Å². The number of carbonyl (C=O) groups excluding carboxylic acids is 1. The fourth-order valence-electron chi connectivity index (χ4n) is 5.17. The van der Waals surface area contributed by atoms with Crippen LogP contribution in [0.2, 0.25) is 0 Å². The first-order valence-electron chi connectivity index (χ1n) is 7.91. The van der Waals surface area contributed by atoms with Crippen LogP contribution in [0, 0.1) is 28.6 Å². The van der Waals surface area contributed by atoms with Gasteiger partial charge in [0.15, 0.2) is 0 Å². The topological polar surface area (TPSA) is 26.3 Å². The highest BCUT2D eigenvalue weighted by atomic mass is 16.5. The molecule has 0 aromatic heterocycles. The zero-order valence-corrected chi connectivity index (χ0v) is 13.3. The average molecular weight is 266 g/mol. The Labute approximate surface area is 118 Å². The van der Waals surface area contributed by atoms with E-state index in [1.807, 2.05) is 0 Å². The molecule has 0 bridgehead atoms. The molecule has 0 aromatic rings. The molecule has 1 unspecified atom stereocenters. The third-order valence-corrected chi connectivity index (χ3v) is 6.19. The van der Waals surface area contributed by atoms with Crippen LogP contribution in [-0.2, 0) is 9.53 Å². The molecule has 2 heteroatoms. The van der Waals surface area contributed by atoms with Crippen molar-refractivity contribution >= 4 is 5.97 Å². The molecular formula is C17H30O2. The Morgan fingerprint density at radius 3 is 2.53 bits per heavy atom. The first-order valence-corrected chi connectivity index (χ1v) is 7.91. The van der Waals surface area contributed by atoms with Gasteiger partial charge in [-0.25, -0.2) is 0 Å². The molecule has 4 atom stereocenters. The second-order valence-corrected chi connectivity index (χ2v) is 7.86. The van der Waals surface area contributed by atoms with Gasteiger partial charge in [-0.1, -0.05) is 34.1 Å². The average Bonchev–Trinajstić information content (AvgIpc) is 2.26. The minimum atomic E-state index is -0.131. The van der Waals surface area contributed by atoms with Crippen molar-refractivity contribution in [3.8, 4) is 0 Å². The van der Waals surface area contributed by atoms with Crippen LogP contribution in [-0.4, -0.2) is 12.6 Å². The zero-order valence-electron chi connectivity index (χ0n) is 13.3. The summed E-state index contributed by atoms with van der Waals surface area (Å²) in [7, 11) is 0. The van der Waals surface area contributed by atoms with Crippen molar-refractivity contribution in [1.29, 1.82) is 0 Å². The summed E-state index contributed by atoms with van der Waals surface area (Å²) in [6.45, 7) is 11.8. The van der Waals surface area contributed by atoms with Crippen molar-refractivity contribution in [2.24, 2.45) is 28.6 Å². The molecule has 0 N–H and O–H groups in total. The van der Waals surface area contributed by atoms with Crippen molar-refractivity contribution in [2.75, 3.05) is 6.61 Å². The van der Waals surface area contributed by atoms with E-state index < -0.39 is 0 Å². The van der Waals surface area contributed by atoms with Gasteiger partial charge in [0.05, 0.1) is 6.61 Å². The van der Waals surface area contributed by atoms with Crippen molar-refractivity contribution in [3.05, 3.63) is 0 Å². The predicted molar refractivity (Wildman–Crippen MR) is 77.8 cm³/mol. The van der Waals surface area contributed by atoms with Gasteiger partial charge in [-0.2, -0.15) is 0 Å². The fourth-order valence-corrected chi connectivity index (χ4v) is 5.17. The van der Waals surface area contributed by atoms with Crippen LogP contribution < -0.4 is 0 Å². The Hall–Kier alpha value is -0.530. The maximum absolute atomic E-state index is 11.2. The third kappa shape index (κ3) is 2.68. The Morgan fingerprint density at radius 1 is 1.21 bits per heavy atom. The molecule has 19 heavy (non-hydrogen) atoms. The lowest BCUT2D eigenvalue weighted by atomic mass is 9.47. The van der Waals surface area contributed by atoms with E-state index in [4.69, 9.17) is 4.74 Å². The quantitative estimate of drug-likeness (QED) is 0.691. The van der Waals surface area contributed by atoms with Crippen molar-refractivity contribution in [2.45, 2.75) is 66.7 Å². The van der Waals surface area contributed by atoms with Gasteiger partial charge in [0.2, 0.25) is 0 Å². The minimum Gasteiger partial charge on any atom is -0.466 e. The van der Waals surface area contributed by atoms with Gasteiger partial charge in [-0.15, -0.1) is 0 Å². The SMILES string of the molecule is CC(=O)OC[C@H]1[C@@H](C)CCC2C(C)(C)CCC[C@@]21C. The Kier molecular flexibility index (Phi) is 3.99. The highest BCUT2D eigenvalue weighted by molar-refractivity contribution is 5.65. The molecule has 110 valence electrons. The van der Waals surface area contributed by atoms with E-state index in [-0.39, 0.29) is 5.97 Å². The van der Waals surface area contributed by atoms with E-state index in [9.17, 15) is 4.79 Å². The van der Waals surface area contributed by atoms with E-state index in [1.54, 1.807) is 0 Å². The van der Waals surface area contributed by atoms with E-state index in [0.29, 0.717) is 29.3 Å². The van der Waals surface area contributed by atoms with Crippen LogP contribution in [0.4, 0.5) is 0 Å². The van der Waals surface area contributed by atoms with Gasteiger partial charge < -0.3 is 4.74 Å². The number of esters is 1. The summed E-state index contributed by atoms with van der Waals surface area (Å²) in [4.78, 5) is 11.2. The first-order chi connectivity index (χ1) is 8.77. The Bertz CT molecular complexity index is 347. The second-order valence-electron chi connectivity index (χ2n) is 7.86. The monoisotopic (exact) mass is 266 g/mol. The van der Waals surface area contributed by atoms with E-state index >= 15 is 0 Å². The third-order valence-electron chi connectivity index (χ3n) is 6.19. The predicted octanol–water partition coefficient (Wildman–Crippen LogP) is 4.43. The molecule has 2 fully saturated rings. The summed E-state index contributed by atoms with van der Waals surface area (Å²) in [5.74, 6) is 1.86. The Morgan fingerprint density at radius 2 is 1.89 bits per heavy atom. The number of fused-ring (bicyclic) bond motifs is 1. The summed E-state index contributed by atoms with van der Waals surface area (Å²) in [5.41, 5.74) is 0.802. The van der Waals surface area contributed by atoms with Crippen molar-refractivity contribution in [1.82, 2.24) is 0 Å². The largest absolute Gasteiger partial charge is 0.466 e. The van der Waals surface area contributed by atoms with Crippen LogP contribution >= 0.6 is 0 Å². The summed E-state index contributed by atoms with van der Waals surface area (Å²) < 4.78 is 5.40. The smallest absolute Gasteiger partial charge is 0.302 e. The normalized spacial score (nSPS) is 41.4. The van der Waals surface area contributed by atoms with Gasteiger partial charge in [0.1, 0.15) is 0 Å². The number of hydrogen-bond acceptors (Lipinski definition) is 2. The molecule has 2 aliphatic carbocycles. The van der Waals surface area contributed by atoms with Crippen LogP contribution in [0.25, 0.3) is 0 Å². The molecule has 0 heterocycles. The molecule has 0 radical (unpaired) electrons. The molecule has 2 rings (SSSR count). The number of carbonyl (C=O) groups is 1. The summed E-state index contributed by atoms with van der Waals surface area (Å²) in [5, 5.41) is 0. The second kappa shape index (κ2) is 5.10. The maximum Gasteiger partial charge on any atom is 0.302 e. The van der Waals surface area contributed by atoms with Crippen LogP contribution in [0.1, 0.15) is 66.7 Å². The molecule has 0 aromatic carbocycles. The molecule has 0 amide bonds. The molecule has 2 aliphatic rings. The van der Waals surface area contributed by atoms with Gasteiger partial charge in [-0.05, 0) is 48.3 Å². The fraction of sp³-hybridized carbons (Fsp3) is 0.941. The van der Waals surface area contributed by atoms with Gasteiger partial charge >= 0.3 is 5.97 Å². The van der Waals surface area contributed by atoms with E-state index in [0.717, 1.165) is 5.92 Å². The molecular weight excluding hydrogens is 236 g/mol. The van der Waals surface area contributed by atoms with E-state index in [2.05, 4.69) is 27.7 Å². The van der Waals surface area contributed by atoms with Gasteiger partial charge in [0, 0.05) is 12.8 Å². The molecule has 2 saturated carbocycles. The van der Waals surface area contributed by atoms with Crippen LogP contribution in [0.5, 0.6) is 0 Å². The standard InChI is InChI=1S/C17H30O2/c1-12-7-8-15-16(3,4)9-6-10-17(15,5)14(12)11-19-13(2)18/h12,14-15H,6-11H2,1-5H3/t12-,14-,15?,17+/m0/s1. The van der Waals surface area contributed by atoms with Crippen molar-refractivity contribution < 1.29 is 9.53 Å². The summed E-state index contributed by atoms with van der Waals surface area (Å²) >= 11 is 0. The molecule has 0 saturated heterocycles. The zero-order chi connectivity index (χ0) is 14.3. The van der Waals surface area contributed by atoms with Crippen molar-refractivity contribution in [3.63, 3.8) is 0 Å². The van der Waals surface area contributed by atoms with Crippen LogP contribution in [0.15, 0.2) is 0 Å². The van der Waals surface area contributed by atoms with Gasteiger partial charge in [0.25, 0.3) is 0 Å². The highest BCUT2D eigenvalue weighted by Crippen LogP contribution is 2.61. The summed E-state index contributed by atoms with van der Waals surface area (Å²) in [6.07, 6.45) is 6.61. The lowest BCUT2D eigenvalue weighted by molar-refractivity contribution is -0.153.